The number of carbonyl (C=O) groups is 1. The zero-order valence-corrected chi connectivity index (χ0v) is 14.6. The van der Waals surface area contributed by atoms with E-state index in [0.29, 0.717) is 0 Å². The number of fused-ring (bicyclic) bond motifs is 1. The summed E-state index contributed by atoms with van der Waals surface area (Å²) in [5.74, 6) is 0.513. The maximum atomic E-state index is 13.0. The third-order valence-corrected chi connectivity index (χ3v) is 5.75. The van der Waals surface area contributed by atoms with Crippen LogP contribution in [0.3, 0.4) is 0 Å². The first-order valence-electron chi connectivity index (χ1n) is 8.65. The second kappa shape index (κ2) is 5.51. The fourth-order valence-electron chi connectivity index (χ4n) is 3.96. The van der Waals surface area contributed by atoms with Gasteiger partial charge in [0.1, 0.15) is 5.52 Å². The van der Waals surface area contributed by atoms with E-state index in [9.17, 15) is 4.79 Å². The monoisotopic (exact) mass is 328 g/mol. The summed E-state index contributed by atoms with van der Waals surface area (Å²) in [4.78, 5) is 26.0. The molecule has 0 aromatic carbocycles. The third-order valence-electron chi connectivity index (χ3n) is 5.75. The highest BCUT2D eigenvalue weighted by Crippen LogP contribution is 2.35. The van der Waals surface area contributed by atoms with Gasteiger partial charge in [-0.2, -0.15) is 5.10 Å². The molecule has 128 valence electrons. The number of carbonyl (C=O) groups excluding carboxylic acids is 1. The lowest BCUT2D eigenvalue weighted by Crippen LogP contribution is -2.62. The molecule has 2 fully saturated rings. The Kier molecular flexibility index (Phi) is 3.56. The van der Waals surface area contributed by atoms with Crippen LogP contribution in [-0.4, -0.2) is 67.7 Å². The fraction of sp³-hybridized carbons (Fsp3) is 0.647. The predicted molar refractivity (Wildman–Crippen MR) is 90.5 cm³/mol. The molecule has 4 heterocycles. The number of likely N-dealkylation sites (tertiary alicyclic amines) is 2. The molecule has 1 amide bonds. The lowest BCUT2D eigenvalue weighted by molar-refractivity contribution is -0.149. The molecule has 0 spiro atoms. The van der Waals surface area contributed by atoms with Gasteiger partial charge in [0.15, 0.2) is 5.65 Å². The normalized spacial score (nSPS) is 25.9. The predicted octanol–water partition coefficient (Wildman–Crippen LogP) is 1.16. The summed E-state index contributed by atoms with van der Waals surface area (Å²) in [6.45, 7) is 4.54. The molecule has 2 aliphatic rings. The van der Waals surface area contributed by atoms with E-state index in [1.165, 1.54) is 6.42 Å². The van der Waals surface area contributed by atoms with Crippen molar-refractivity contribution in [2.45, 2.75) is 37.6 Å². The van der Waals surface area contributed by atoms with Crippen LogP contribution >= 0.6 is 0 Å². The Labute approximate surface area is 141 Å². The number of likely N-dealkylation sites (N-methyl/N-ethyl adjacent to an activating group) is 1. The number of amides is 1. The summed E-state index contributed by atoms with van der Waals surface area (Å²) < 4.78 is 1.78. The third kappa shape index (κ3) is 2.22. The van der Waals surface area contributed by atoms with Crippen molar-refractivity contribution >= 4 is 17.1 Å². The standard InChI is InChI=1S/C17H24N6O/c1-17(6-4-5-9-21(17)2)16(24)23-10-12(11-23)13-14-15(22(3)20-13)19-8-7-18-14/h7-8,12H,4-6,9-11H2,1-3H3. The molecule has 0 bridgehead atoms. The lowest BCUT2D eigenvalue weighted by Gasteiger charge is -2.48. The summed E-state index contributed by atoms with van der Waals surface area (Å²) in [6.07, 6.45) is 6.64. The summed E-state index contributed by atoms with van der Waals surface area (Å²) in [5.41, 5.74) is 2.27. The number of aryl methyl sites for hydroxylation is 1. The maximum Gasteiger partial charge on any atom is 0.242 e. The van der Waals surface area contributed by atoms with Crippen molar-refractivity contribution in [1.29, 1.82) is 0 Å². The van der Waals surface area contributed by atoms with Crippen LogP contribution in [0, 0.1) is 0 Å². The van der Waals surface area contributed by atoms with E-state index >= 15 is 0 Å². The number of aromatic nitrogens is 4. The number of nitrogens with zero attached hydrogens (tertiary/aromatic N) is 6. The van der Waals surface area contributed by atoms with E-state index in [4.69, 9.17) is 0 Å². The Morgan fingerprint density at radius 1 is 1.21 bits per heavy atom. The SMILES string of the molecule is CN1CCCCC1(C)C(=O)N1CC(c2nn(C)c3nccnc23)C1. The quantitative estimate of drug-likeness (QED) is 0.828. The number of hydrogen-bond acceptors (Lipinski definition) is 5. The van der Waals surface area contributed by atoms with Gasteiger partial charge in [0, 0.05) is 38.4 Å². The molecule has 2 aromatic rings. The van der Waals surface area contributed by atoms with Crippen molar-refractivity contribution in [3.8, 4) is 0 Å². The van der Waals surface area contributed by atoms with Gasteiger partial charge >= 0.3 is 0 Å². The number of rotatable bonds is 2. The fourth-order valence-corrected chi connectivity index (χ4v) is 3.96. The van der Waals surface area contributed by atoms with E-state index in [-0.39, 0.29) is 17.4 Å². The first-order valence-corrected chi connectivity index (χ1v) is 8.65. The topological polar surface area (TPSA) is 67.2 Å². The molecule has 7 nitrogen and oxygen atoms in total. The van der Waals surface area contributed by atoms with Gasteiger partial charge in [0.2, 0.25) is 5.91 Å². The molecule has 2 aromatic heterocycles. The van der Waals surface area contributed by atoms with Gasteiger partial charge in [0.05, 0.1) is 11.2 Å². The van der Waals surface area contributed by atoms with Gasteiger partial charge in [0.25, 0.3) is 0 Å². The molecular formula is C17H24N6O. The van der Waals surface area contributed by atoms with Crippen molar-refractivity contribution in [3.63, 3.8) is 0 Å². The molecule has 1 unspecified atom stereocenters. The molecule has 24 heavy (non-hydrogen) atoms. The minimum atomic E-state index is -0.352. The van der Waals surface area contributed by atoms with Gasteiger partial charge in [-0.3, -0.25) is 9.69 Å². The number of hydrogen-bond donors (Lipinski definition) is 0. The summed E-state index contributed by atoms with van der Waals surface area (Å²) in [5, 5.41) is 4.59. The van der Waals surface area contributed by atoms with Crippen LogP contribution in [0.4, 0.5) is 0 Å². The Morgan fingerprint density at radius 2 is 1.96 bits per heavy atom. The van der Waals surface area contributed by atoms with Crippen LogP contribution in [0.25, 0.3) is 11.2 Å². The highest BCUT2D eigenvalue weighted by atomic mass is 16.2. The van der Waals surface area contributed by atoms with Crippen molar-refractivity contribution in [1.82, 2.24) is 29.5 Å². The molecule has 0 radical (unpaired) electrons. The van der Waals surface area contributed by atoms with Gasteiger partial charge in [-0.15, -0.1) is 0 Å². The molecule has 4 rings (SSSR count). The molecule has 7 heteroatoms. The van der Waals surface area contributed by atoms with Crippen LogP contribution in [0.2, 0.25) is 0 Å². The second-order valence-electron chi connectivity index (χ2n) is 7.30. The highest BCUT2D eigenvalue weighted by Gasteiger charge is 2.46. The zero-order valence-electron chi connectivity index (χ0n) is 14.6. The Bertz CT molecular complexity index is 780. The average molecular weight is 328 g/mol. The molecule has 0 N–H and O–H groups in total. The second-order valence-corrected chi connectivity index (χ2v) is 7.30. The summed E-state index contributed by atoms with van der Waals surface area (Å²) in [7, 11) is 3.95. The van der Waals surface area contributed by atoms with Gasteiger partial charge < -0.3 is 4.90 Å². The van der Waals surface area contributed by atoms with Crippen molar-refractivity contribution in [2.75, 3.05) is 26.7 Å². The first kappa shape index (κ1) is 15.5. The highest BCUT2D eigenvalue weighted by molar-refractivity contribution is 5.87. The smallest absolute Gasteiger partial charge is 0.242 e. The lowest BCUT2D eigenvalue weighted by atomic mass is 9.85. The van der Waals surface area contributed by atoms with Crippen molar-refractivity contribution in [3.05, 3.63) is 18.1 Å². The minimum absolute atomic E-state index is 0.256. The van der Waals surface area contributed by atoms with Crippen molar-refractivity contribution < 1.29 is 4.79 Å². The first-order chi connectivity index (χ1) is 11.5. The van der Waals surface area contributed by atoms with E-state index in [2.05, 4.69) is 33.9 Å². The maximum absolute atomic E-state index is 13.0. The van der Waals surface area contributed by atoms with Crippen molar-refractivity contribution in [2.24, 2.45) is 7.05 Å². The Balaban J connectivity index is 1.51. The van der Waals surface area contributed by atoms with E-state index in [0.717, 1.165) is 49.3 Å². The van der Waals surface area contributed by atoms with E-state index < -0.39 is 0 Å². The van der Waals surface area contributed by atoms with E-state index in [1.54, 1.807) is 17.1 Å². The Morgan fingerprint density at radius 3 is 2.71 bits per heavy atom. The van der Waals surface area contributed by atoms with Crippen LogP contribution in [0.1, 0.15) is 37.8 Å². The summed E-state index contributed by atoms with van der Waals surface area (Å²) >= 11 is 0. The zero-order chi connectivity index (χ0) is 16.9. The molecule has 2 aliphatic heterocycles. The summed E-state index contributed by atoms with van der Waals surface area (Å²) in [6, 6.07) is 0. The molecule has 0 aliphatic carbocycles. The van der Waals surface area contributed by atoms with Crippen LogP contribution in [0.5, 0.6) is 0 Å². The van der Waals surface area contributed by atoms with Gasteiger partial charge in [-0.25, -0.2) is 14.6 Å². The van der Waals surface area contributed by atoms with Crippen LogP contribution in [-0.2, 0) is 11.8 Å². The molecular weight excluding hydrogens is 304 g/mol. The number of piperidine rings is 1. The minimum Gasteiger partial charge on any atom is -0.340 e. The molecule has 2 saturated heterocycles. The average Bonchev–Trinajstić information content (AvgIpc) is 2.86. The largest absolute Gasteiger partial charge is 0.340 e. The van der Waals surface area contributed by atoms with Gasteiger partial charge in [-0.05, 0) is 39.8 Å². The van der Waals surface area contributed by atoms with Crippen LogP contribution < -0.4 is 0 Å². The van der Waals surface area contributed by atoms with E-state index in [1.807, 2.05) is 11.9 Å². The Hall–Kier alpha value is -2.02. The molecule has 0 saturated carbocycles. The molecule has 1 atom stereocenters. The van der Waals surface area contributed by atoms with Crippen LogP contribution in [0.15, 0.2) is 12.4 Å². The van der Waals surface area contributed by atoms with Gasteiger partial charge in [-0.1, -0.05) is 0 Å².